The second-order valence-corrected chi connectivity index (χ2v) is 5.52. The number of hydrogen-bond acceptors (Lipinski definition) is 4. The molecule has 9 heteroatoms. The van der Waals surface area contributed by atoms with Crippen molar-refractivity contribution in [2.75, 3.05) is 5.32 Å². The van der Waals surface area contributed by atoms with Crippen LogP contribution in [0.1, 0.15) is 6.92 Å². The van der Waals surface area contributed by atoms with Crippen LogP contribution >= 0.6 is 15.9 Å². The van der Waals surface area contributed by atoms with Crippen molar-refractivity contribution in [2.45, 2.75) is 11.8 Å². The lowest BCUT2D eigenvalue weighted by Gasteiger charge is -2.08. The predicted molar refractivity (Wildman–Crippen MR) is 75.4 cm³/mol. The third-order valence-electron chi connectivity index (χ3n) is 2.43. The topological polar surface area (TPSA) is 64.1 Å². The summed E-state index contributed by atoms with van der Waals surface area (Å²) in [5.74, 6) is -4.48. The summed E-state index contributed by atoms with van der Waals surface area (Å²) in [4.78, 5) is 18.6. The van der Waals surface area contributed by atoms with Crippen molar-refractivity contribution in [3.8, 4) is 11.6 Å². The molecule has 22 heavy (non-hydrogen) atoms. The molecule has 116 valence electrons. The first-order valence-corrected chi connectivity index (χ1v) is 6.87. The Balaban J connectivity index is 2.12. The molecule has 0 aliphatic rings. The molecule has 0 fully saturated rings. The maximum atomic E-state index is 13.4. The highest BCUT2D eigenvalue weighted by molar-refractivity contribution is 9.10. The number of nitrogens with one attached hydrogen (secondary N) is 1. The van der Waals surface area contributed by atoms with Gasteiger partial charge in [-0.3, -0.25) is 4.79 Å². The molecule has 0 aliphatic carbocycles. The van der Waals surface area contributed by atoms with Gasteiger partial charge in [0.2, 0.25) is 11.8 Å². The number of aromatic nitrogens is 2. The lowest BCUT2D eigenvalue weighted by Crippen LogP contribution is -2.20. The van der Waals surface area contributed by atoms with Gasteiger partial charge in [-0.2, -0.15) is 0 Å². The minimum atomic E-state index is -1.32. The molecular weight excluding hydrogens is 367 g/mol. The fraction of sp³-hybridized carbons (Fsp3) is 0.154. The zero-order valence-corrected chi connectivity index (χ0v) is 12.7. The second-order valence-electron chi connectivity index (χ2n) is 4.14. The molecule has 1 atom stereocenters. The Hall–Kier alpha value is -2.16. The van der Waals surface area contributed by atoms with E-state index in [1.165, 1.54) is 6.20 Å². The van der Waals surface area contributed by atoms with Crippen molar-refractivity contribution in [3.05, 3.63) is 42.0 Å². The number of rotatable bonds is 4. The molecule has 0 saturated heterocycles. The van der Waals surface area contributed by atoms with Crippen LogP contribution in [0.4, 0.5) is 19.0 Å². The molecule has 0 radical (unpaired) electrons. The quantitative estimate of drug-likeness (QED) is 0.656. The number of carbonyl (C=O) groups excluding carboxylic acids is 1. The number of nitrogens with zero attached hydrogens (tertiary/aromatic N) is 2. The minimum absolute atomic E-state index is 0.144. The Bertz CT molecular complexity index is 696. The van der Waals surface area contributed by atoms with E-state index in [9.17, 15) is 18.0 Å². The van der Waals surface area contributed by atoms with Crippen molar-refractivity contribution >= 4 is 27.7 Å². The van der Waals surface area contributed by atoms with E-state index in [4.69, 9.17) is 4.74 Å². The van der Waals surface area contributed by atoms with Gasteiger partial charge in [-0.1, -0.05) is 15.9 Å². The van der Waals surface area contributed by atoms with Crippen LogP contribution in [0, 0.1) is 17.5 Å². The highest BCUT2D eigenvalue weighted by Gasteiger charge is 2.13. The summed E-state index contributed by atoms with van der Waals surface area (Å²) in [5.41, 5.74) is 0. The van der Waals surface area contributed by atoms with Crippen LogP contribution < -0.4 is 10.1 Å². The van der Waals surface area contributed by atoms with Gasteiger partial charge in [0.05, 0.1) is 17.2 Å². The van der Waals surface area contributed by atoms with E-state index in [0.717, 1.165) is 6.20 Å². The summed E-state index contributed by atoms with van der Waals surface area (Å²) in [7, 11) is 0. The van der Waals surface area contributed by atoms with Crippen molar-refractivity contribution in [1.29, 1.82) is 0 Å². The molecule has 0 bridgehead atoms. The van der Waals surface area contributed by atoms with Crippen molar-refractivity contribution in [2.24, 2.45) is 0 Å². The van der Waals surface area contributed by atoms with Crippen LogP contribution in [0.2, 0.25) is 0 Å². The van der Waals surface area contributed by atoms with Crippen LogP contribution in [0.3, 0.4) is 0 Å². The summed E-state index contributed by atoms with van der Waals surface area (Å²) in [6.07, 6.45) is 2.29. The van der Waals surface area contributed by atoms with Gasteiger partial charge >= 0.3 is 0 Å². The smallest absolute Gasteiger partial charge is 0.239 e. The van der Waals surface area contributed by atoms with Gasteiger partial charge in [-0.15, -0.1) is 0 Å². The van der Waals surface area contributed by atoms with Crippen LogP contribution in [0.25, 0.3) is 0 Å². The zero-order valence-electron chi connectivity index (χ0n) is 11.1. The van der Waals surface area contributed by atoms with E-state index in [0.29, 0.717) is 12.1 Å². The van der Waals surface area contributed by atoms with E-state index in [1.54, 1.807) is 6.92 Å². The van der Waals surface area contributed by atoms with Crippen LogP contribution in [-0.4, -0.2) is 20.7 Å². The molecule has 2 aromatic rings. The monoisotopic (exact) mass is 375 g/mol. The molecule has 1 aromatic carbocycles. The Morgan fingerprint density at radius 3 is 2.45 bits per heavy atom. The molecule has 0 spiro atoms. The zero-order chi connectivity index (χ0) is 16.3. The summed E-state index contributed by atoms with van der Waals surface area (Å²) in [6.45, 7) is 1.63. The van der Waals surface area contributed by atoms with E-state index in [2.05, 4.69) is 31.2 Å². The summed E-state index contributed by atoms with van der Waals surface area (Å²) < 4.78 is 44.2. The average Bonchev–Trinajstić information content (AvgIpc) is 2.46. The van der Waals surface area contributed by atoms with Crippen LogP contribution in [-0.2, 0) is 4.79 Å². The molecule has 0 saturated carbocycles. The highest BCUT2D eigenvalue weighted by atomic mass is 79.9. The average molecular weight is 376 g/mol. The molecule has 0 aliphatic heterocycles. The third kappa shape index (κ3) is 3.94. The van der Waals surface area contributed by atoms with E-state index >= 15 is 0 Å². The molecule has 1 unspecified atom stereocenters. The SMILES string of the molecule is CC(Br)C(=O)Nc1cnc(Oc2cc(F)c(F)cc2F)cn1. The van der Waals surface area contributed by atoms with Crippen LogP contribution in [0.15, 0.2) is 24.5 Å². The van der Waals surface area contributed by atoms with Gasteiger partial charge in [-0.05, 0) is 6.92 Å². The number of carbonyl (C=O) groups is 1. The number of benzene rings is 1. The summed E-state index contributed by atoms with van der Waals surface area (Å²) >= 11 is 3.08. The van der Waals surface area contributed by atoms with Crippen molar-refractivity contribution < 1.29 is 22.7 Å². The highest BCUT2D eigenvalue weighted by Crippen LogP contribution is 2.25. The van der Waals surface area contributed by atoms with E-state index < -0.39 is 28.0 Å². The molecule has 1 heterocycles. The predicted octanol–water partition coefficient (Wildman–Crippen LogP) is 3.41. The Labute approximate surface area is 131 Å². The lowest BCUT2D eigenvalue weighted by atomic mass is 10.3. The van der Waals surface area contributed by atoms with Gasteiger partial charge in [0.15, 0.2) is 29.0 Å². The Morgan fingerprint density at radius 1 is 1.18 bits per heavy atom. The second kappa shape index (κ2) is 6.73. The first kappa shape index (κ1) is 16.2. The van der Waals surface area contributed by atoms with Gasteiger partial charge in [-0.25, -0.2) is 23.1 Å². The fourth-order valence-electron chi connectivity index (χ4n) is 1.35. The van der Waals surface area contributed by atoms with Crippen LogP contribution in [0.5, 0.6) is 11.6 Å². The number of alkyl halides is 1. The van der Waals surface area contributed by atoms with Gasteiger partial charge in [0.1, 0.15) is 0 Å². The first-order valence-electron chi connectivity index (χ1n) is 5.96. The number of halogens is 4. The van der Waals surface area contributed by atoms with Gasteiger partial charge < -0.3 is 10.1 Å². The Kier molecular flexibility index (Phi) is 4.96. The summed E-state index contributed by atoms with van der Waals surface area (Å²) in [5, 5.41) is 2.46. The maximum Gasteiger partial charge on any atom is 0.239 e. The fourth-order valence-corrected chi connectivity index (χ4v) is 1.47. The van der Waals surface area contributed by atoms with Crippen molar-refractivity contribution in [3.63, 3.8) is 0 Å². The third-order valence-corrected chi connectivity index (χ3v) is 2.85. The van der Waals surface area contributed by atoms with Gasteiger partial charge in [0.25, 0.3) is 0 Å². The number of anilines is 1. The van der Waals surface area contributed by atoms with E-state index in [-0.39, 0.29) is 17.6 Å². The molecular formula is C13H9BrF3N3O2. The molecule has 1 amide bonds. The van der Waals surface area contributed by atoms with Gasteiger partial charge in [0, 0.05) is 12.1 Å². The molecule has 1 aromatic heterocycles. The summed E-state index contributed by atoms with van der Waals surface area (Å²) in [6, 6.07) is 0.929. The lowest BCUT2D eigenvalue weighted by molar-refractivity contribution is -0.115. The normalized spacial score (nSPS) is 11.9. The van der Waals surface area contributed by atoms with E-state index in [1.807, 2.05) is 0 Å². The Morgan fingerprint density at radius 2 is 1.86 bits per heavy atom. The molecule has 1 N–H and O–H groups in total. The largest absolute Gasteiger partial charge is 0.434 e. The standard InChI is InChI=1S/C13H9BrF3N3O2/c1-6(14)13(21)20-11-4-19-12(5-18-11)22-10-3-8(16)7(15)2-9(10)17/h2-6H,1H3,(H,18,20,21). The maximum absolute atomic E-state index is 13.4. The number of hydrogen-bond donors (Lipinski definition) is 1. The number of ether oxygens (including phenoxy) is 1. The minimum Gasteiger partial charge on any atom is -0.434 e. The first-order chi connectivity index (χ1) is 10.4. The molecule has 2 rings (SSSR count). The van der Waals surface area contributed by atoms with Crippen molar-refractivity contribution in [1.82, 2.24) is 9.97 Å². The molecule has 5 nitrogen and oxygen atoms in total. The number of amides is 1.